The molecule has 0 saturated carbocycles. The number of methoxy groups -OCH3 is 1. The second-order valence-electron chi connectivity index (χ2n) is 9.77. The number of rotatable bonds is 7. The average molecular weight is 574 g/mol. The number of ether oxygens (including phenoxy) is 2. The molecule has 3 heterocycles. The van der Waals surface area contributed by atoms with Crippen molar-refractivity contribution in [2.75, 3.05) is 7.11 Å². The Labute approximate surface area is 238 Å². The average Bonchev–Trinajstić information content (AvgIpc) is 3.52. The summed E-state index contributed by atoms with van der Waals surface area (Å²) in [5.41, 5.74) is 2.19. The zero-order valence-electron chi connectivity index (χ0n) is 23.0. The number of aromatic nitrogens is 1. The van der Waals surface area contributed by atoms with E-state index in [1.807, 2.05) is 12.1 Å². The zero-order valence-corrected chi connectivity index (χ0v) is 23.9. The maximum absolute atomic E-state index is 13.8. The van der Waals surface area contributed by atoms with E-state index >= 15 is 0 Å². The van der Waals surface area contributed by atoms with Crippen LogP contribution in [0.3, 0.4) is 0 Å². The highest BCUT2D eigenvalue weighted by molar-refractivity contribution is 7.07. The zero-order chi connectivity index (χ0) is 29.4. The van der Waals surface area contributed by atoms with Gasteiger partial charge in [0.05, 0.1) is 40.0 Å². The van der Waals surface area contributed by atoms with Crippen molar-refractivity contribution in [3.63, 3.8) is 0 Å². The molecule has 0 fully saturated rings. The molecule has 0 saturated heterocycles. The van der Waals surface area contributed by atoms with Crippen LogP contribution in [0.25, 0.3) is 17.4 Å². The highest BCUT2D eigenvalue weighted by Crippen LogP contribution is 2.32. The fraction of sp³-hybridized carbons (Fsp3) is 0.233. The quantitative estimate of drug-likeness (QED) is 0.179. The molecular formula is C30H27N3O7S. The fourth-order valence-corrected chi connectivity index (χ4v) is 5.66. The summed E-state index contributed by atoms with van der Waals surface area (Å²) in [6.07, 6.45) is 1.25. The Morgan fingerprint density at radius 2 is 1.88 bits per heavy atom. The molecule has 10 nitrogen and oxygen atoms in total. The van der Waals surface area contributed by atoms with Crippen LogP contribution in [0.2, 0.25) is 0 Å². The lowest BCUT2D eigenvalue weighted by Gasteiger charge is -2.25. The molecule has 0 amide bonds. The van der Waals surface area contributed by atoms with Gasteiger partial charge in [0.1, 0.15) is 17.3 Å². The summed E-state index contributed by atoms with van der Waals surface area (Å²) in [5.74, 6) is 0.919. The number of hydrogen-bond acceptors (Lipinski definition) is 9. The van der Waals surface area contributed by atoms with Crippen molar-refractivity contribution in [2.24, 2.45) is 4.99 Å². The van der Waals surface area contributed by atoms with E-state index in [9.17, 15) is 19.7 Å². The lowest BCUT2D eigenvalue weighted by atomic mass is 9.96. The van der Waals surface area contributed by atoms with Crippen LogP contribution >= 0.6 is 11.3 Å². The second kappa shape index (κ2) is 11.0. The minimum Gasteiger partial charge on any atom is -0.497 e. The standard InChI is InChI=1S/C30H27N3O7S/c1-16(2)39-29(35)26-18(4)31-30-32(27(26)19-8-10-21(38-5)11-9-19)28(34)25(41-30)15-22-12-13-24(40-22)20-7-6-17(3)23(14-20)33(36)37/h6-16,27H,1-5H3/b25-15-. The molecule has 1 aliphatic rings. The SMILES string of the molecule is COc1ccc(C2C(C(=O)OC(C)C)=C(C)N=c3s/c(=C\c4ccc(-c5ccc(C)c([N+](=O)[O-])c5)o4)c(=O)n32)cc1. The Morgan fingerprint density at radius 3 is 2.54 bits per heavy atom. The highest BCUT2D eigenvalue weighted by atomic mass is 32.1. The number of benzene rings is 2. The molecule has 0 aliphatic carbocycles. The molecule has 0 radical (unpaired) electrons. The summed E-state index contributed by atoms with van der Waals surface area (Å²) in [5, 5.41) is 11.4. The van der Waals surface area contributed by atoms with Crippen LogP contribution in [0.1, 0.15) is 43.7 Å². The third-order valence-electron chi connectivity index (χ3n) is 6.61. The number of nitro benzene ring substituents is 1. The largest absolute Gasteiger partial charge is 0.497 e. The lowest BCUT2D eigenvalue weighted by Crippen LogP contribution is -2.40. The van der Waals surface area contributed by atoms with E-state index in [0.717, 1.165) is 0 Å². The van der Waals surface area contributed by atoms with E-state index in [-0.39, 0.29) is 22.9 Å². The Kier molecular flexibility index (Phi) is 7.46. The summed E-state index contributed by atoms with van der Waals surface area (Å²) in [6.45, 7) is 6.92. The summed E-state index contributed by atoms with van der Waals surface area (Å²) in [4.78, 5) is 43.0. The summed E-state index contributed by atoms with van der Waals surface area (Å²) < 4.78 is 18.6. The van der Waals surface area contributed by atoms with Gasteiger partial charge in [-0.3, -0.25) is 19.5 Å². The van der Waals surface area contributed by atoms with Gasteiger partial charge in [0.15, 0.2) is 4.80 Å². The van der Waals surface area contributed by atoms with Gasteiger partial charge in [-0.25, -0.2) is 9.79 Å². The van der Waals surface area contributed by atoms with E-state index in [2.05, 4.69) is 4.99 Å². The maximum atomic E-state index is 13.8. The van der Waals surface area contributed by atoms with Crippen molar-refractivity contribution in [2.45, 2.75) is 39.8 Å². The molecule has 0 N–H and O–H groups in total. The van der Waals surface area contributed by atoms with Gasteiger partial charge in [-0.15, -0.1) is 0 Å². The molecular weight excluding hydrogens is 546 g/mol. The van der Waals surface area contributed by atoms with Crippen LogP contribution in [0.4, 0.5) is 5.69 Å². The number of thiazole rings is 1. The van der Waals surface area contributed by atoms with Crippen molar-refractivity contribution in [1.29, 1.82) is 0 Å². The molecule has 210 valence electrons. The van der Waals surface area contributed by atoms with Crippen LogP contribution < -0.4 is 19.6 Å². The van der Waals surface area contributed by atoms with E-state index in [1.54, 1.807) is 77.3 Å². The molecule has 0 spiro atoms. The van der Waals surface area contributed by atoms with Gasteiger partial charge >= 0.3 is 5.97 Å². The van der Waals surface area contributed by atoms with Crippen molar-refractivity contribution in [1.82, 2.24) is 4.57 Å². The van der Waals surface area contributed by atoms with Gasteiger partial charge in [-0.1, -0.05) is 35.6 Å². The summed E-state index contributed by atoms with van der Waals surface area (Å²) >= 11 is 1.18. The monoisotopic (exact) mass is 573 g/mol. The van der Waals surface area contributed by atoms with Crippen LogP contribution in [0, 0.1) is 17.0 Å². The first-order chi connectivity index (χ1) is 19.6. The third-order valence-corrected chi connectivity index (χ3v) is 7.59. The Balaban J connectivity index is 1.61. The molecule has 2 aromatic heterocycles. The maximum Gasteiger partial charge on any atom is 0.338 e. The smallest absolute Gasteiger partial charge is 0.338 e. The molecule has 0 bridgehead atoms. The van der Waals surface area contributed by atoms with Crippen molar-refractivity contribution < 1.29 is 23.6 Å². The number of carbonyl (C=O) groups excluding carboxylic acids is 1. The number of carbonyl (C=O) groups is 1. The summed E-state index contributed by atoms with van der Waals surface area (Å²) in [6, 6.07) is 14.6. The van der Waals surface area contributed by atoms with E-state index in [4.69, 9.17) is 13.9 Å². The molecule has 11 heteroatoms. The first-order valence-electron chi connectivity index (χ1n) is 12.8. The van der Waals surface area contributed by atoms with Crippen molar-refractivity contribution in [3.8, 4) is 17.1 Å². The minimum atomic E-state index is -0.758. The van der Waals surface area contributed by atoms with Crippen molar-refractivity contribution in [3.05, 3.63) is 113 Å². The molecule has 5 rings (SSSR count). The second-order valence-corrected chi connectivity index (χ2v) is 10.8. The normalized spacial score (nSPS) is 15.1. The van der Waals surface area contributed by atoms with Crippen molar-refractivity contribution >= 4 is 29.1 Å². The summed E-state index contributed by atoms with van der Waals surface area (Å²) in [7, 11) is 1.56. The number of hydrogen-bond donors (Lipinski definition) is 0. The molecule has 2 aromatic carbocycles. The Hall–Kier alpha value is -4.77. The third kappa shape index (κ3) is 5.36. The predicted molar refractivity (Wildman–Crippen MR) is 154 cm³/mol. The number of nitrogens with zero attached hydrogens (tertiary/aromatic N) is 3. The number of fused-ring (bicyclic) bond motifs is 1. The predicted octanol–water partition coefficient (Wildman–Crippen LogP) is 4.67. The number of esters is 1. The highest BCUT2D eigenvalue weighted by Gasteiger charge is 2.33. The van der Waals surface area contributed by atoms with E-state index in [0.29, 0.717) is 49.0 Å². The van der Waals surface area contributed by atoms with Gasteiger partial charge in [0.2, 0.25) is 0 Å². The topological polar surface area (TPSA) is 126 Å². The van der Waals surface area contributed by atoms with Crippen LogP contribution in [-0.2, 0) is 9.53 Å². The van der Waals surface area contributed by atoms with E-state index < -0.39 is 16.9 Å². The number of aryl methyl sites for hydroxylation is 1. The fourth-order valence-electron chi connectivity index (χ4n) is 4.64. The Morgan fingerprint density at radius 1 is 1.15 bits per heavy atom. The first-order valence-corrected chi connectivity index (χ1v) is 13.6. The van der Waals surface area contributed by atoms with Gasteiger partial charge in [0, 0.05) is 23.3 Å². The van der Waals surface area contributed by atoms with Gasteiger partial charge in [-0.05, 0) is 57.5 Å². The van der Waals surface area contributed by atoms with Crippen LogP contribution in [0.15, 0.2) is 80.1 Å². The van der Waals surface area contributed by atoms with Gasteiger partial charge in [-0.2, -0.15) is 0 Å². The molecule has 41 heavy (non-hydrogen) atoms. The number of allylic oxidation sites excluding steroid dienone is 1. The molecule has 1 unspecified atom stereocenters. The van der Waals surface area contributed by atoms with Gasteiger partial charge < -0.3 is 13.9 Å². The number of furan rings is 1. The molecule has 4 aromatic rings. The molecule has 1 atom stereocenters. The van der Waals surface area contributed by atoms with E-state index in [1.165, 1.54) is 22.0 Å². The number of nitro groups is 1. The van der Waals surface area contributed by atoms with Crippen LogP contribution in [-0.4, -0.2) is 28.7 Å². The lowest BCUT2D eigenvalue weighted by molar-refractivity contribution is -0.385. The minimum absolute atomic E-state index is 0.00513. The van der Waals surface area contributed by atoms with Gasteiger partial charge in [0.25, 0.3) is 11.2 Å². The Bertz CT molecular complexity index is 1880. The first kappa shape index (κ1) is 27.8. The molecule has 1 aliphatic heterocycles. The van der Waals surface area contributed by atoms with Crippen LogP contribution in [0.5, 0.6) is 5.75 Å².